The first-order valence-electron chi connectivity index (χ1n) is 9.13. The number of carbonyl (C=O) groups is 1. The van der Waals surface area contributed by atoms with Gasteiger partial charge in [0, 0.05) is 18.9 Å². The Balaban J connectivity index is 1.94. The van der Waals surface area contributed by atoms with Crippen molar-refractivity contribution in [3.05, 3.63) is 53.9 Å². The van der Waals surface area contributed by atoms with E-state index in [1.54, 1.807) is 19.1 Å². The van der Waals surface area contributed by atoms with Crippen molar-refractivity contribution in [1.82, 2.24) is 9.29 Å². The zero-order chi connectivity index (χ0) is 22.1. The van der Waals surface area contributed by atoms with Gasteiger partial charge in [0.1, 0.15) is 11.5 Å². The summed E-state index contributed by atoms with van der Waals surface area (Å²) in [7, 11) is -2.50. The predicted molar refractivity (Wildman–Crippen MR) is 110 cm³/mol. The van der Waals surface area contributed by atoms with Gasteiger partial charge >= 0.3 is 0 Å². The number of fused-ring (bicyclic) bond motifs is 1. The Kier molecular flexibility index (Phi) is 5.98. The summed E-state index contributed by atoms with van der Waals surface area (Å²) in [5, 5.41) is 22.0. The number of nitriles is 1. The molecule has 1 aromatic carbocycles. The lowest BCUT2D eigenvalue weighted by atomic mass is 10.1. The highest BCUT2D eigenvalue weighted by molar-refractivity contribution is 7.89. The van der Waals surface area contributed by atoms with Crippen LogP contribution in [0.5, 0.6) is 5.75 Å². The molecule has 0 radical (unpaired) electrons. The van der Waals surface area contributed by atoms with Gasteiger partial charge in [0.05, 0.1) is 23.8 Å². The molecule has 2 atom stereocenters. The van der Waals surface area contributed by atoms with E-state index in [-0.39, 0.29) is 29.4 Å². The molecule has 9 nitrogen and oxygen atoms in total. The van der Waals surface area contributed by atoms with E-state index in [1.807, 2.05) is 0 Å². The molecule has 0 spiro atoms. The van der Waals surface area contributed by atoms with E-state index in [9.17, 15) is 23.6 Å². The average Bonchev–Trinajstić information content (AvgIpc) is 2.97. The van der Waals surface area contributed by atoms with Gasteiger partial charge in [0.25, 0.3) is 5.91 Å². The average molecular weight is 430 g/mol. The minimum atomic E-state index is -4.03. The summed E-state index contributed by atoms with van der Waals surface area (Å²) in [6.07, 6.45) is 1.91. The number of aliphatic hydroxyl groups excluding tert-OH is 1. The van der Waals surface area contributed by atoms with Gasteiger partial charge in [-0.15, -0.1) is 6.58 Å². The minimum absolute atomic E-state index is 0.00770. The maximum Gasteiger partial charge on any atom is 0.276 e. The molecular formula is C20H22N4O5S. The Morgan fingerprint density at radius 2 is 2.30 bits per heavy atom. The molecule has 2 aromatic rings. The molecule has 0 unspecified atom stereocenters. The molecule has 3 N–H and O–H groups in total. The summed E-state index contributed by atoms with van der Waals surface area (Å²) in [5.41, 5.74) is 1.59. The number of amides is 1. The van der Waals surface area contributed by atoms with E-state index in [0.29, 0.717) is 11.3 Å². The van der Waals surface area contributed by atoms with Gasteiger partial charge in [-0.05, 0) is 31.0 Å². The number of carbonyl (C=O) groups excluding carboxylic acids is 1. The quantitative estimate of drug-likeness (QED) is 0.615. The molecule has 0 fully saturated rings. The largest absolute Gasteiger partial charge is 0.488 e. The molecule has 2 heterocycles. The van der Waals surface area contributed by atoms with Gasteiger partial charge in [-0.2, -0.15) is 5.26 Å². The van der Waals surface area contributed by atoms with Gasteiger partial charge < -0.3 is 19.7 Å². The highest BCUT2D eigenvalue weighted by Gasteiger charge is 2.36. The Bertz CT molecular complexity index is 1150. The molecule has 0 aliphatic carbocycles. The number of rotatable bonds is 5. The van der Waals surface area contributed by atoms with Crippen molar-refractivity contribution in [2.75, 3.05) is 11.9 Å². The predicted octanol–water partition coefficient (Wildman–Crippen LogP) is 1.43. The molecule has 1 aromatic heterocycles. The highest BCUT2D eigenvalue weighted by Crippen LogP contribution is 2.33. The number of sulfonamides is 1. The number of hydrogen-bond donors (Lipinski definition) is 3. The summed E-state index contributed by atoms with van der Waals surface area (Å²) in [5.74, 6) is -0.685. The van der Waals surface area contributed by atoms with E-state index in [4.69, 9.17) is 4.74 Å². The van der Waals surface area contributed by atoms with Crippen molar-refractivity contribution >= 4 is 21.6 Å². The lowest BCUT2D eigenvalue weighted by Crippen LogP contribution is -2.45. The van der Waals surface area contributed by atoms with E-state index in [1.165, 1.54) is 30.0 Å². The lowest BCUT2D eigenvalue weighted by Gasteiger charge is -2.20. The molecule has 3 rings (SSSR count). The van der Waals surface area contributed by atoms with Crippen molar-refractivity contribution in [2.24, 2.45) is 7.05 Å². The fourth-order valence-corrected chi connectivity index (χ4v) is 4.62. The topological polar surface area (TPSA) is 133 Å². The summed E-state index contributed by atoms with van der Waals surface area (Å²) in [6, 6.07) is 6.05. The maximum absolute atomic E-state index is 12.9. The molecule has 0 saturated carbocycles. The van der Waals surface area contributed by atoms with Crippen LogP contribution in [-0.2, 0) is 17.1 Å². The third-order valence-electron chi connectivity index (χ3n) is 4.81. The number of hydrogen-bond acceptors (Lipinski definition) is 6. The number of anilines is 1. The van der Waals surface area contributed by atoms with Crippen LogP contribution < -0.4 is 14.8 Å². The molecule has 1 aliphatic heterocycles. The SMILES string of the molecule is C=CC[C@@H](O)[C@H]1COc2c(cn(C)c2C(=O)Nc2ccc(C)c(C#N)c2)S(=O)(=O)N1. The van der Waals surface area contributed by atoms with Crippen molar-refractivity contribution in [2.45, 2.75) is 30.4 Å². The van der Waals surface area contributed by atoms with Crippen LogP contribution >= 0.6 is 0 Å². The fraction of sp³-hybridized carbons (Fsp3) is 0.300. The zero-order valence-corrected chi connectivity index (χ0v) is 17.4. The molecule has 0 bridgehead atoms. The Labute approximate surface area is 174 Å². The van der Waals surface area contributed by atoms with Gasteiger partial charge in [0.15, 0.2) is 11.4 Å². The summed E-state index contributed by atoms with van der Waals surface area (Å²) in [4.78, 5) is 12.7. The molecule has 158 valence electrons. The molecule has 0 saturated heterocycles. The smallest absolute Gasteiger partial charge is 0.276 e. The number of nitrogens with one attached hydrogen (secondary N) is 2. The third kappa shape index (κ3) is 4.09. The second kappa shape index (κ2) is 8.31. The van der Waals surface area contributed by atoms with Crippen LogP contribution in [0, 0.1) is 18.3 Å². The zero-order valence-electron chi connectivity index (χ0n) is 16.5. The Hall–Kier alpha value is -3.13. The Morgan fingerprint density at radius 1 is 1.57 bits per heavy atom. The number of ether oxygens (including phenoxy) is 1. The van der Waals surface area contributed by atoms with Crippen LogP contribution in [0.25, 0.3) is 0 Å². The second-order valence-corrected chi connectivity index (χ2v) is 8.69. The maximum atomic E-state index is 12.9. The first-order valence-corrected chi connectivity index (χ1v) is 10.6. The van der Waals surface area contributed by atoms with Gasteiger partial charge in [-0.1, -0.05) is 12.1 Å². The van der Waals surface area contributed by atoms with Crippen LogP contribution in [0.4, 0.5) is 5.69 Å². The van der Waals surface area contributed by atoms with E-state index < -0.39 is 28.1 Å². The molecule has 10 heteroatoms. The van der Waals surface area contributed by atoms with Crippen molar-refractivity contribution < 1.29 is 23.1 Å². The van der Waals surface area contributed by atoms with Gasteiger partial charge in [0.2, 0.25) is 10.0 Å². The molecular weight excluding hydrogens is 408 g/mol. The van der Waals surface area contributed by atoms with E-state index in [0.717, 1.165) is 5.56 Å². The monoisotopic (exact) mass is 430 g/mol. The summed E-state index contributed by atoms with van der Waals surface area (Å²) < 4.78 is 35.0. The number of benzene rings is 1. The Morgan fingerprint density at radius 3 is 2.97 bits per heavy atom. The van der Waals surface area contributed by atoms with Crippen LogP contribution in [0.2, 0.25) is 0 Å². The van der Waals surface area contributed by atoms with Crippen LogP contribution in [0.1, 0.15) is 28.0 Å². The van der Waals surface area contributed by atoms with Crippen molar-refractivity contribution in [1.29, 1.82) is 5.26 Å². The van der Waals surface area contributed by atoms with Crippen molar-refractivity contribution in [3.8, 4) is 11.8 Å². The minimum Gasteiger partial charge on any atom is -0.488 e. The van der Waals surface area contributed by atoms with Crippen LogP contribution in [0.15, 0.2) is 41.9 Å². The summed E-state index contributed by atoms with van der Waals surface area (Å²) in [6.45, 7) is 5.16. The standard InChI is InChI=1S/C20H22N4O5S/c1-4-5-16(25)15-11-29-19-17(30(27,28)23-15)10-24(3)18(19)20(26)22-14-7-6-12(2)13(8-14)9-21/h4,6-8,10,15-16,23,25H,1,5,11H2,2-3H3,(H,22,26)/t15-,16-/m1/s1. The summed E-state index contributed by atoms with van der Waals surface area (Å²) >= 11 is 0. The number of aromatic nitrogens is 1. The third-order valence-corrected chi connectivity index (χ3v) is 6.29. The van der Waals surface area contributed by atoms with Crippen molar-refractivity contribution in [3.63, 3.8) is 0 Å². The van der Waals surface area contributed by atoms with Gasteiger partial charge in [-0.25, -0.2) is 13.1 Å². The second-order valence-electron chi connectivity index (χ2n) is 7.01. The molecule has 30 heavy (non-hydrogen) atoms. The van der Waals surface area contributed by atoms with Crippen LogP contribution in [-0.4, -0.2) is 42.8 Å². The van der Waals surface area contributed by atoms with E-state index >= 15 is 0 Å². The van der Waals surface area contributed by atoms with E-state index in [2.05, 4.69) is 22.7 Å². The first-order chi connectivity index (χ1) is 14.2. The fourth-order valence-electron chi connectivity index (χ4n) is 3.18. The first kappa shape index (κ1) is 21.6. The lowest BCUT2D eigenvalue weighted by molar-refractivity contribution is 0.0999. The molecule has 1 amide bonds. The van der Waals surface area contributed by atoms with Crippen LogP contribution in [0.3, 0.4) is 0 Å². The highest BCUT2D eigenvalue weighted by atomic mass is 32.2. The van der Waals surface area contributed by atoms with Gasteiger partial charge in [-0.3, -0.25) is 4.79 Å². The normalized spacial score (nSPS) is 18.3. The number of aliphatic hydroxyl groups is 1. The molecule has 1 aliphatic rings. The number of nitrogens with zero attached hydrogens (tertiary/aromatic N) is 2. The number of aryl methyl sites for hydroxylation is 2.